The van der Waals surface area contributed by atoms with Crippen molar-refractivity contribution in [3.63, 3.8) is 0 Å². The molecule has 1 aliphatic rings. The number of fused-ring (bicyclic) bond motifs is 1. The second kappa shape index (κ2) is 5.95. The number of nitrogens with zero attached hydrogens (tertiary/aromatic N) is 5. The summed E-state index contributed by atoms with van der Waals surface area (Å²) in [4.78, 5) is 28.0. The SMILES string of the molecule is CN1CCN(C(=O)CN(C)c2ncnc3sccc23)CC1. The zero-order valence-corrected chi connectivity index (χ0v) is 13.1. The molecule has 21 heavy (non-hydrogen) atoms. The van der Waals surface area contributed by atoms with E-state index in [-0.39, 0.29) is 5.91 Å². The van der Waals surface area contributed by atoms with Crippen LogP contribution in [0.3, 0.4) is 0 Å². The van der Waals surface area contributed by atoms with E-state index in [0.717, 1.165) is 42.2 Å². The summed E-state index contributed by atoms with van der Waals surface area (Å²) in [5, 5.41) is 3.01. The molecule has 7 heteroatoms. The Labute approximate surface area is 128 Å². The number of amides is 1. The van der Waals surface area contributed by atoms with Crippen molar-refractivity contribution < 1.29 is 4.79 Å². The summed E-state index contributed by atoms with van der Waals surface area (Å²) in [7, 11) is 4.00. The van der Waals surface area contributed by atoms with Crippen LogP contribution in [0.1, 0.15) is 0 Å². The molecule has 0 bridgehead atoms. The molecule has 0 aliphatic carbocycles. The smallest absolute Gasteiger partial charge is 0.242 e. The lowest BCUT2D eigenvalue weighted by Gasteiger charge is -2.33. The molecule has 0 aromatic carbocycles. The predicted molar refractivity (Wildman–Crippen MR) is 84.8 cm³/mol. The van der Waals surface area contributed by atoms with Crippen LogP contribution in [0.4, 0.5) is 5.82 Å². The molecule has 0 spiro atoms. The summed E-state index contributed by atoms with van der Waals surface area (Å²) in [6.45, 7) is 3.85. The number of aromatic nitrogens is 2. The first kappa shape index (κ1) is 14.2. The summed E-state index contributed by atoms with van der Waals surface area (Å²) in [5.41, 5.74) is 0. The number of hydrogen-bond donors (Lipinski definition) is 0. The number of rotatable bonds is 3. The van der Waals surface area contributed by atoms with E-state index in [1.54, 1.807) is 17.7 Å². The maximum Gasteiger partial charge on any atom is 0.242 e. The van der Waals surface area contributed by atoms with Gasteiger partial charge >= 0.3 is 0 Å². The zero-order chi connectivity index (χ0) is 14.8. The molecule has 1 aliphatic heterocycles. The molecule has 0 atom stereocenters. The van der Waals surface area contributed by atoms with Gasteiger partial charge in [-0.15, -0.1) is 11.3 Å². The monoisotopic (exact) mass is 305 g/mol. The molecule has 2 aromatic heterocycles. The fraction of sp³-hybridized carbons (Fsp3) is 0.500. The fourth-order valence-corrected chi connectivity index (χ4v) is 3.24. The van der Waals surface area contributed by atoms with Crippen molar-refractivity contribution >= 4 is 33.3 Å². The Morgan fingerprint density at radius 2 is 2.10 bits per heavy atom. The lowest BCUT2D eigenvalue weighted by molar-refractivity contribution is -0.131. The number of carbonyl (C=O) groups is 1. The van der Waals surface area contributed by atoms with E-state index < -0.39 is 0 Å². The topological polar surface area (TPSA) is 52.6 Å². The Bertz CT molecular complexity index is 635. The molecule has 0 N–H and O–H groups in total. The van der Waals surface area contributed by atoms with Crippen LogP contribution in [0.2, 0.25) is 0 Å². The number of hydrogen-bond acceptors (Lipinski definition) is 6. The highest BCUT2D eigenvalue weighted by Gasteiger charge is 2.21. The van der Waals surface area contributed by atoms with Crippen molar-refractivity contribution in [1.29, 1.82) is 0 Å². The molecule has 112 valence electrons. The van der Waals surface area contributed by atoms with Crippen LogP contribution in [0, 0.1) is 0 Å². The van der Waals surface area contributed by atoms with Gasteiger partial charge in [-0.05, 0) is 18.5 Å². The van der Waals surface area contributed by atoms with Crippen LogP contribution in [-0.4, -0.2) is 72.5 Å². The first-order chi connectivity index (χ1) is 10.1. The van der Waals surface area contributed by atoms with Gasteiger partial charge in [0, 0.05) is 33.2 Å². The second-order valence-corrected chi connectivity index (χ2v) is 6.27. The molecule has 6 nitrogen and oxygen atoms in total. The summed E-state index contributed by atoms with van der Waals surface area (Å²) < 4.78 is 0. The molecule has 0 saturated carbocycles. The number of anilines is 1. The highest BCUT2D eigenvalue weighted by Crippen LogP contribution is 2.25. The normalized spacial score (nSPS) is 16.4. The van der Waals surface area contributed by atoms with Crippen molar-refractivity contribution in [2.24, 2.45) is 0 Å². The summed E-state index contributed by atoms with van der Waals surface area (Å²) in [5.74, 6) is 0.983. The van der Waals surface area contributed by atoms with E-state index in [2.05, 4.69) is 21.9 Å². The third-order valence-electron chi connectivity index (χ3n) is 3.83. The Balaban J connectivity index is 1.70. The predicted octanol–water partition coefficient (Wildman–Crippen LogP) is 0.901. The zero-order valence-electron chi connectivity index (χ0n) is 12.3. The molecular weight excluding hydrogens is 286 g/mol. The number of piperazine rings is 1. The Morgan fingerprint density at radius 1 is 1.33 bits per heavy atom. The lowest BCUT2D eigenvalue weighted by atomic mass is 10.3. The highest BCUT2D eigenvalue weighted by atomic mass is 32.1. The van der Waals surface area contributed by atoms with E-state index >= 15 is 0 Å². The molecule has 0 unspecified atom stereocenters. The number of thiophene rings is 1. The summed E-state index contributed by atoms with van der Waals surface area (Å²) >= 11 is 1.59. The minimum absolute atomic E-state index is 0.160. The van der Waals surface area contributed by atoms with E-state index in [4.69, 9.17) is 0 Å². The van der Waals surface area contributed by atoms with Crippen molar-refractivity contribution in [3.8, 4) is 0 Å². The maximum absolute atomic E-state index is 12.4. The molecule has 3 heterocycles. The average molecular weight is 305 g/mol. The Morgan fingerprint density at radius 3 is 2.86 bits per heavy atom. The van der Waals surface area contributed by atoms with Crippen molar-refractivity contribution in [2.45, 2.75) is 0 Å². The first-order valence-corrected chi connectivity index (χ1v) is 7.89. The highest BCUT2D eigenvalue weighted by molar-refractivity contribution is 7.16. The van der Waals surface area contributed by atoms with Crippen LogP contribution in [-0.2, 0) is 4.79 Å². The van der Waals surface area contributed by atoms with Crippen molar-refractivity contribution in [1.82, 2.24) is 19.8 Å². The molecule has 1 saturated heterocycles. The molecule has 1 amide bonds. The van der Waals surface area contributed by atoms with Crippen LogP contribution in [0.5, 0.6) is 0 Å². The van der Waals surface area contributed by atoms with Crippen molar-refractivity contribution in [3.05, 3.63) is 17.8 Å². The van der Waals surface area contributed by atoms with E-state index in [0.29, 0.717) is 6.54 Å². The van der Waals surface area contributed by atoms with Gasteiger partial charge in [0.15, 0.2) is 0 Å². The maximum atomic E-state index is 12.4. The summed E-state index contributed by atoms with van der Waals surface area (Å²) in [6, 6.07) is 2.01. The minimum atomic E-state index is 0.160. The van der Waals surface area contributed by atoms with E-state index in [1.807, 2.05) is 28.3 Å². The lowest BCUT2D eigenvalue weighted by Crippen LogP contribution is -2.49. The summed E-state index contributed by atoms with van der Waals surface area (Å²) in [6.07, 6.45) is 1.56. The van der Waals surface area contributed by atoms with Gasteiger partial charge in [-0.25, -0.2) is 9.97 Å². The van der Waals surface area contributed by atoms with Gasteiger partial charge in [0.1, 0.15) is 17.0 Å². The average Bonchev–Trinajstić information content (AvgIpc) is 2.96. The Hall–Kier alpha value is -1.73. The van der Waals surface area contributed by atoms with Gasteiger partial charge in [0.25, 0.3) is 0 Å². The third kappa shape index (κ3) is 2.98. The van der Waals surface area contributed by atoms with Gasteiger partial charge in [-0.3, -0.25) is 4.79 Å². The van der Waals surface area contributed by atoms with Crippen LogP contribution in [0.25, 0.3) is 10.2 Å². The number of likely N-dealkylation sites (N-methyl/N-ethyl adjacent to an activating group) is 2. The molecule has 3 rings (SSSR count). The van der Waals surface area contributed by atoms with E-state index in [9.17, 15) is 4.79 Å². The molecular formula is C14H19N5OS. The molecule has 1 fully saturated rings. The number of carbonyl (C=O) groups excluding carboxylic acids is 1. The van der Waals surface area contributed by atoms with Gasteiger partial charge in [0.05, 0.1) is 11.9 Å². The largest absolute Gasteiger partial charge is 0.350 e. The minimum Gasteiger partial charge on any atom is -0.350 e. The van der Waals surface area contributed by atoms with E-state index in [1.165, 1.54) is 0 Å². The Kier molecular flexibility index (Phi) is 4.03. The second-order valence-electron chi connectivity index (χ2n) is 5.38. The first-order valence-electron chi connectivity index (χ1n) is 7.01. The van der Waals surface area contributed by atoms with Gasteiger partial charge in [-0.1, -0.05) is 0 Å². The van der Waals surface area contributed by atoms with Crippen LogP contribution >= 0.6 is 11.3 Å². The van der Waals surface area contributed by atoms with Gasteiger partial charge in [0.2, 0.25) is 5.91 Å². The van der Waals surface area contributed by atoms with Crippen LogP contribution in [0.15, 0.2) is 17.8 Å². The standard InChI is InChI=1S/C14H19N5OS/c1-17-4-6-19(7-5-17)12(20)9-18(2)13-11-3-8-21-14(11)16-10-15-13/h3,8,10H,4-7,9H2,1-2H3. The molecule has 0 radical (unpaired) electrons. The quantitative estimate of drug-likeness (QED) is 0.843. The van der Waals surface area contributed by atoms with Gasteiger partial charge < -0.3 is 14.7 Å². The fourth-order valence-electron chi connectivity index (χ4n) is 2.51. The van der Waals surface area contributed by atoms with Crippen LogP contribution < -0.4 is 4.90 Å². The molecule has 2 aromatic rings. The third-order valence-corrected chi connectivity index (χ3v) is 4.65. The van der Waals surface area contributed by atoms with Crippen molar-refractivity contribution in [2.75, 3.05) is 51.7 Å². The van der Waals surface area contributed by atoms with Gasteiger partial charge in [-0.2, -0.15) is 0 Å².